The minimum atomic E-state index is -6.67. The molecule has 0 aliphatic heterocycles. The highest BCUT2D eigenvalue weighted by Gasteiger charge is 2.80. The maximum absolute atomic E-state index is 14.6. The first-order chi connectivity index (χ1) is 13.6. The van der Waals surface area contributed by atoms with E-state index in [0.717, 1.165) is 0 Å². The third-order valence-electron chi connectivity index (χ3n) is 4.38. The SMILES string of the molecule is O=C(O)c1ccc(C(c2ccc(C(=O)O)cc2)(C(F)(F)F)C(F)(F)C(F)(F)F)cc1. The Hall–Kier alpha value is -3.18. The molecule has 0 atom stereocenters. The minimum Gasteiger partial charge on any atom is -0.478 e. The highest BCUT2D eigenvalue weighted by molar-refractivity contribution is 5.88. The van der Waals surface area contributed by atoms with Crippen LogP contribution in [-0.4, -0.2) is 40.4 Å². The van der Waals surface area contributed by atoms with Gasteiger partial charge in [-0.1, -0.05) is 24.3 Å². The molecule has 12 heteroatoms. The summed E-state index contributed by atoms with van der Waals surface area (Å²) in [5.74, 6) is -9.70. The second-order valence-corrected chi connectivity index (χ2v) is 6.08. The molecule has 0 unspecified atom stereocenters. The van der Waals surface area contributed by atoms with Gasteiger partial charge in [0.15, 0.2) is 5.41 Å². The summed E-state index contributed by atoms with van der Waals surface area (Å²) in [5, 5.41) is 17.6. The molecule has 2 rings (SSSR count). The molecule has 0 aromatic heterocycles. The molecule has 0 saturated carbocycles. The molecule has 0 aliphatic carbocycles. The van der Waals surface area contributed by atoms with E-state index in [1.807, 2.05) is 0 Å². The standard InChI is InChI=1S/C18H10F8O4/c19-16(20,18(24,25)26)15(17(21,22)23,11-5-1-9(2-6-11)13(27)28)12-7-3-10(4-8-12)14(29)30/h1-8H,(H,27,28)(H,29,30). The van der Waals surface area contributed by atoms with Crippen molar-refractivity contribution in [3.8, 4) is 0 Å². The Bertz CT molecular complexity index is 887. The molecular formula is C18H10F8O4. The average molecular weight is 442 g/mol. The smallest absolute Gasteiger partial charge is 0.454 e. The van der Waals surface area contributed by atoms with Crippen molar-refractivity contribution in [2.24, 2.45) is 0 Å². The van der Waals surface area contributed by atoms with Crippen molar-refractivity contribution >= 4 is 11.9 Å². The van der Waals surface area contributed by atoms with Gasteiger partial charge in [0.1, 0.15) is 0 Å². The number of hydrogen-bond acceptors (Lipinski definition) is 2. The zero-order chi connectivity index (χ0) is 23.1. The summed E-state index contributed by atoms with van der Waals surface area (Å²) in [6.07, 6.45) is -12.9. The normalized spacial score (nSPS) is 13.2. The van der Waals surface area contributed by atoms with Gasteiger partial charge in [0, 0.05) is 0 Å². The summed E-state index contributed by atoms with van der Waals surface area (Å²) in [5.41, 5.74) is -9.43. The highest BCUT2D eigenvalue weighted by Crippen LogP contribution is 2.60. The van der Waals surface area contributed by atoms with Crippen LogP contribution in [0.5, 0.6) is 0 Å². The van der Waals surface area contributed by atoms with Gasteiger partial charge in [-0.15, -0.1) is 0 Å². The first kappa shape index (κ1) is 23.1. The minimum absolute atomic E-state index is 0.210. The fourth-order valence-electron chi connectivity index (χ4n) is 2.97. The molecule has 0 bridgehead atoms. The Kier molecular flexibility index (Phi) is 5.59. The summed E-state index contributed by atoms with van der Waals surface area (Å²) >= 11 is 0. The van der Waals surface area contributed by atoms with E-state index in [-0.39, 0.29) is 24.3 Å². The monoisotopic (exact) mass is 442 g/mol. The zero-order valence-corrected chi connectivity index (χ0v) is 14.4. The maximum Gasteiger partial charge on any atom is 0.454 e. The van der Waals surface area contributed by atoms with Gasteiger partial charge in [0.05, 0.1) is 11.1 Å². The van der Waals surface area contributed by atoms with Gasteiger partial charge in [-0.05, 0) is 35.4 Å². The van der Waals surface area contributed by atoms with Gasteiger partial charge in [-0.3, -0.25) is 0 Å². The first-order valence-electron chi connectivity index (χ1n) is 7.76. The second-order valence-electron chi connectivity index (χ2n) is 6.08. The van der Waals surface area contributed by atoms with Crippen LogP contribution in [0.4, 0.5) is 35.1 Å². The number of aromatic carboxylic acids is 2. The molecule has 0 fully saturated rings. The number of carboxylic acids is 2. The Morgan fingerprint density at radius 3 is 1.07 bits per heavy atom. The first-order valence-corrected chi connectivity index (χ1v) is 7.76. The Balaban J connectivity index is 2.97. The van der Waals surface area contributed by atoms with Crippen LogP contribution >= 0.6 is 0 Å². The van der Waals surface area contributed by atoms with Crippen LogP contribution < -0.4 is 0 Å². The van der Waals surface area contributed by atoms with Crippen molar-refractivity contribution in [3.63, 3.8) is 0 Å². The van der Waals surface area contributed by atoms with Crippen LogP contribution in [0.3, 0.4) is 0 Å². The molecule has 30 heavy (non-hydrogen) atoms. The van der Waals surface area contributed by atoms with E-state index in [2.05, 4.69) is 0 Å². The lowest BCUT2D eigenvalue weighted by atomic mass is 9.68. The van der Waals surface area contributed by atoms with Gasteiger partial charge in [0.2, 0.25) is 0 Å². The molecule has 0 heterocycles. The average Bonchev–Trinajstić information content (AvgIpc) is 2.60. The molecule has 0 spiro atoms. The largest absolute Gasteiger partial charge is 0.478 e. The van der Waals surface area contributed by atoms with E-state index in [1.165, 1.54) is 0 Å². The number of rotatable bonds is 5. The Labute approximate surface area is 162 Å². The fraction of sp³-hybridized carbons (Fsp3) is 0.222. The van der Waals surface area contributed by atoms with Gasteiger partial charge in [0.25, 0.3) is 0 Å². The molecule has 0 amide bonds. The lowest BCUT2D eigenvalue weighted by Gasteiger charge is -2.43. The van der Waals surface area contributed by atoms with Crippen molar-refractivity contribution in [2.45, 2.75) is 23.7 Å². The Morgan fingerprint density at radius 2 is 0.867 bits per heavy atom. The predicted molar refractivity (Wildman–Crippen MR) is 84.6 cm³/mol. The lowest BCUT2D eigenvalue weighted by Crippen LogP contribution is -2.63. The van der Waals surface area contributed by atoms with Crippen LogP contribution in [-0.2, 0) is 5.41 Å². The number of halogens is 8. The third kappa shape index (κ3) is 3.46. The van der Waals surface area contributed by atoms with Crippen LogP contribution in [0.15, 0.2) is 48.5 Å². The third-order valence-corrected chi connectivity index (χ3v) is 4.38. The van der Waals surface area contributed by atoms with Gasteiger partial charge < -0.3 is 10.2 Å². The van der Waals surface area contributed by atoms with E-state index in [4.69, 9.17) is 10.2 Å². The molecule has 0 aliphatic rings. The van der Waals surface area contributed by atoms with Crippen molar-refractivity contribution in [3.05, 3.63) is 70.8 Å². The maximum atomic E-state index is 14.6. The summed E-state index contributed by atoms with van der Waals surface area (Å²) in [6, 6.07) is 2.66. The number of benzene rings is 2. The van der Waals surface area contributed by atoms with Crippen molar-refractivity contribution in [1.82, 2.24) is 0 Å². The van der Waals surface area contributed by atoms with Gasteiger partial charge >= 0.3 is 30.2 Å². The summed E-state index contributed by atoms with van der Waals surface area (Å²) in [4.78, 5) is 21.8. The van der Waals surface area contributed by atoms with Crippen molar-refractivity contribution < 1.29 is 54.9 Å². The van der Waals surface area contributed by atoms with Gasteiger partial charge in [-0.25, -0.2) is 9.59 Å². The van der Waals surface area contributed by atoms with E-state index in [9.17, 15) is 44.7 Å². The molecule has 0 radical (unpaired) electrons. The van der Waals surface area contributed by atoms with E-state index < -0.39 is 57.9 Å². The topological polar surface area (TPSA) is 74.6 Å². The predicted octanol–water partition coefficient (Wildman–Crippen LogP) is 5.13. The van der Waals surface area contributed by atoms with Crippen LogP contribution in [0.25, 0.3) is 0 Å². The van der Waals surface area contributed by atoms with Crippen LogP contribution in [0.2, 0.25) is 0 Å². The van der Waals surface area contributed by atoms with Gasteiger partial charge in [-0.2, -0.15) is 35.1 Å². The Morgan fingerprint density at radius 1 is 0.567 bits per heavy atom. The number of carboxylic acid groups (broad SMARTS) is 2. The summed E-state index contributed by atoms with van der Waals surface area (Å²) in [6.45, 7) is 0. The molecule has 2 aromatic carbocycles. The lowest BCUT2D eigenvalue weighted by molar-refractivity contribution is -0.348. The molecule has 162 valence electrons. The molecular weight excluding hydrogens is 432 g/mol. The number of alkyl halides is 8. The van der Waals surface area contributed by atoms with E-state index in [1.54, 1.807) is 0 Å². The molecule has 2 aromatic rings. The van der Waals surface area contributed by atoms with E-state index >= 15 is 0 Å². The van der Waals surface area contributed by atoms with Crippen molar-refractivity contribution in [1.29, 1.82) is 0 Å². The summed E-state index contributed by atoms with van der Waals surface area (Å²) in [7, 11) is 0. The fourth-order valence-corrected chi connectivity index (χ4v) is 2.97. The molecule has 0 saturated heterocycles. The summed E-state index contributed by atoms with van der Waals surface area (Å²) < 4.78 is 111. The van der Waals surface area contributed by atoms with Crippen LogP contribution in [0.1, 0.15) is 31.8 Å². The highest BCUT2D eigenvalue weighted by atomic mass is 19.4. The number of hydrogen-bond donors (Lipinski definition) is 2. The molecule has 4 nitrogen and oxygen atoms in total. The zero-order valence-electron chi connectivity index (χ0n) is 14.4. The van der Waals surface area contributed by atoms with Crippen molar-refractivity contribution in [2.75, 3.05) is 0 Å². The quantitative estimate of drug-likeness (QED) is 0.630. The number of carbonyl (C=O) groups is 2. The van der Waals surface area contributed by atoms with E-state index in [0.29, 0.717) is 24.3 Å². The second kappa shape index (κ2) is 7.26. The van der Waals surface area contributed by atoms with Crippen LogP contribution in [0, 0.1) is 0 Å². The molecule has 2 N–H and O–H groups in total.